The molecule has 4 heterocycles. The monoisotopic (exact) mass is 421 g/mol. The maximum absolute atomic E-state index is 7.28. The van der Waals surface area contributed by atoms with Gasteiger partial charge in [-0.15, -0.1) is 11.6 Å². The van der Waals surface area contributed by atoms with Gasteiger partial charge in [-0.2, -0.15) is 11.3 Å². The summed E-state index contributed by atoms with van der Waals surface area (Å²) in [7, 11) is 0. The number of alkyl halides is 1. The number of pyridine rings is 1. The molecule has 0 saturated carbocycles. The molecule has 2 unspecified atom stereocenters. The van der Waals surface area contributed by atoms with Crippen LogP contribution >= 0.6 is 22.9 Å². The van der Waals surface area contributed by atoms with E-state index in [1.165, 1.54) is 22.9 Å². The van der Waals surface area contributed by atoms with E-state index in [0.29, 0.717) is 5.92 Å². The second kappa shape index (κ2) is 7.60. The molecule has 3 aromatic heterocycles. The fraction of sp³-hybridized carbons (Fsp3) is 0.292. The fourth-order valence-electron chi connectivity index (χ4n) is 4.53. The van der Waals surface area contributed by atoms with Crippen LogP contribution in [0.15, 0.2) is 59.7 Å². The van der Waals surface area contributed by atoms with Crippen LogP contribution in [-0.2, 0) is 4.87 Å². The van der Waals surface area contributed by atoms with Crippen molar-refractivity contribution in [3.05, 3.63) is 65.2 Å². The van der Waals surface area contributed by atoms with E-state index in [1.54, 1.807) is 11.3 Å². The van der Waals surface area contributed by atoms with Crippen molar-refractivity contribution in [1.82, 2.24) is 15.3 Å². The van der Waals surface area contributed by atoms with E-state index in [9.17, 15) is 0 Å². The number of rotatable bonds is 4. The van der Waals surface area contributed by atoms with Crippen LogP contribution in [0.25, 0.3) is 33.2 Å². The average Bonchev–Trinajstić information content (AvgIpc) is 3.44. The highest BCUT2D eigenvalue weighted by Crippen LogP contribution is 2.45. The van der Waals surface area contributed by atoms with Crippen LogP contribution in [0.4, 0.5) is 0 Å². The highest BCUT2D eigenvalue weighted by Gasteiger charge is 2.36. The van der Waals surface area contributed by atoms with Gasteiger partial charge in [0.25, 0.3) is 0 Å². The molecule has 0 bridgehead atoms. The number of thiophene rings is 1. The number of piperidine rings is 1. The summed E-state index contributed by atoms with van der Waals surface area (Å²) >= 11 is 8.98. The molecule has 1 aromatic carbocycles. The van der Waals surface area contributed by atoms with E-state index in [0.717, 1.165) is 41.7 Å². The lowest BCUT2D eigenvalue weighted by molar-refractivity contribution is 0.307. The predicted molar refractivity (Wildman–Crippen MR) is 124 cm³/mol. The Labute approximate surface area is 180 Å². The minimum absolute atomic E-state index is 0.404. The molecule has 0 amide bonds. The third-order valence-corrected chi connectivity index (χ3v) is 7.40. The van der Waals surface area contributed by atoms with Crippen molar-refractivity contribution in [3.63, 3.8) is 0 Å². The minimum atomic E-state index is -0.428. The largest absolute Gasteiger partial charge is 0.361 e. The first-order valence-electron chi connectivity index (χ1n) is 10.1. The summed E-state index contributed by atoms with van der Waals surface area (Å²) in [4.78, 5) is 7.56. The zero-order chi connectivity index (χ0) is 19.8. The molecule has 29 heavy (non-hydrogen) atoms. The van der Waals surface area contributed by atoms with Crippen LogP contribution in [0.5, 0.6) is 0 Å². The number of nitrogens with one attached hydrogen (secondary N) is 2. The van der Waals surface area contributed by atoms with Gasteiger partial charge in [0.1, 0.15) is 0 Å². The van der Waals surface area contributed by atoms with Gasteiger partial charge in [-0.05, 0) is 78.9 Å². The van der Waals surface area contributed by atoms with Gasteiger partial charge in [-0.25, -0.2) is 0 Å². The number of hydrogen-bond donors (Lipinski definition) is 2. The van der Waals surface area contributed by atoms with Gasteiger partial charge < -0.3 is 10.3 Å². The zero-order valence-corrected chi connectivity index (χ0v) is 18.0. The molecule has 0 aliphatic carbocycles. The van der Waals surface area contributed by atoms with Crippen LogP contribution < -0.4 is 5.32 Å². The first kappa shape index (κ1) is 18.9. The maximum atomic E-state index is 7.28. The third kappa shape index (κ3) is 3.39. The number of nitrogens with zero attached hydrogens (tertiary/aromatic N) is 1. The van der Waals surface area contributed by atoms with Gasteiger partial charge in [0.2, 0.25) is 0 Å². The number of aromatic nitrogens is 2. The van der Waals surface area contributed by atoms with Gasteiger partial charge in [0, 0.05) is 46.2 Å². The SMILES string of the molecule is CC(Cl)(c1cccc2[nH]cc(-c3cncc(-c4ccsc4)c3)c12)C1CCCNC1. The van der Waals surface area contributed by atoms with Crippen molar-refractivity contribution in [2.24, 2.45) is 5.92 Å². The normalized spacial score (nSPS) is 19.3. The molecule has 0 spiro atoms. The lowest BCUT2D eigenvalue weighted by Crippen LogP contribution is -2.39. The summed E-state index contributed by atoms with van der Waals surface area (Å²) in [5.74, 6) is 0.404. The summed E-state index contributed by atoms with van der Waals surface area (Å²) in [6, 6.07) is 10.8. The Bertz CT molecular complexity index is 1120. The lowest BCUT2D eigenvalue weighted by atomic mass is 9.80. The molecule has 5 rings (SSSR count). The summed E-state index contributed by atoms with van der Waals surface area (Å²) in [6.45, 7) is 4.23. The predicted octanol–water partition coefficient (Wildman–Crippen LogP) is 6.41. The van der Waals surface area contributed by atoms with Gasteiger partial charge in [-0.3, -0.25) is 4.98 Å². The lowest BCUT2D eigenvalue weighted by Gasteiger charge is -2.36. The van der Waals surface area contributed by atoms with Crippen molar-refractivity contribution >= 4 is 33.8 Å². The number of halogens is 1. The van der Waals surface area contributed by atoms with Crippen molar-refractivity contribution < 1.29 is 0 Å². The quantitative estimate of drug-likeness (QED) is 0.373. The van der Waals surface area contributed by atoms with E-state index < -0.39 is 4.87 Å². The van der Waals surface area contributed by atoms with Gasteiger partial charge in [-0.1, -0.05) is 12.1 Å². The van der Waals surface area contributed by atoms with Crippen LogP contribution in [0.3, 0.4) is 0 Å². The highest BCUT2D eigenvalue weighted by atomic mass is 35.5. The minimum Gasteiger partial charge on any atom is -0.361 e. The van der Waals surface area contributed by atoms with Crippen molar-refractivity contribution in [2.45, 2.75) is 24.6 Å². The van der Waals surface area contributed by atoms with E-state index >= 15 is 0 Å². The van der Waals surface area contributed by atoms with Crippen LogP contribution in [-0.4, -0.2) is 23.1 Å². The van der Waals surface area contributed by atoms with Gasteiger partial charge in [0.15, 0.2) is 0 Å². The highest BCUT2D eigenvalue weighted by molar-refractivity contribution is 7.08. The number of benzene rings is 1. The second-order valence-electron chi connectivity index (χ2n) is 8.02. The molecular weight excluding hydrogens is 398 g/mol. The Kier molecular flexibility index (Phi) is 4.94. The number of hydrogen-bond acceptors (Lipinski definition) is 3. The number of fused-ring (bicyclic) bond motifs is 1. The molecule has 4 aromatic rings. The smallest absolute Gasteiger partial charge is 0.0713 e. The summed E-state index contributed by atoms with van der Waals surface area (Å²) < 4.78 is 0. The van der Waals surface area contributed by atoms with E-state index in [1.807, 2.05) is 12.4 Å². The zero-order valence-electron chi connectivity index (χ0n) is 16.4. The molecule has 1 fully saturated rings. The first-order valence-corrected chi connectivity index (χ1v) is 11.4. The summed E-state index contributed by atoms with van der Waals surface area (Å²) in [5.41, 5.74) is 6.94. The average molecular weight is 422 g/mol. The van der Waals surface area contributed by atoms with Gasteiger partial charge in [0.05, 0.1) is 4.87 Å². The number of H-pyrrole nitrogens is 1. The van der Waals surface area contributed by atoms with E-state index in [4.69, 9.17) is 11.6 Å². The van der Waals surface area contributed by atoms with Crippen molar-refractivity contribution in [2.75, 3.05) is 13.1 Å². The standard InChI is InChI=1S/C24H24ClN3S/c1-24(25,19-4-3-8-26-13-19)21-5-2-6-22-23(21)20(14-28-22)18-10-17(11-27-12-18)16-7-9-29-15-16/h2,5-7,9-12,14-15,19,26,28H,3-4,8,13H2,1H3. The molecule has 148 valence electrons. The first-order chi connectivity index (χ1) is 14.1. The Morgan fingerprint density at radius 1 is 1.17 bits per heavy atom. The van der Waals surface area contributed by atoms with E-state index in [-0.39, 0.29) is 0 Å². The van der Waals surface area contributed by atoms with Gasteiger partial charge >= 0.3 is 0 Å². The molecule has 1 saturated heterocycles. The Morgan fingerprint density at radius 3 is 2.86 bits per heavy atom. The molecule has 3 nitrogen and oxygen atoms in total. The topological polar surface area (TPSA) is 40.7 Å². The van der Waals surface area contributed by atoms with Crippen molar-refractivity contribution in [3.8, 4) is 22.3 Å². The maximum Gasteiger partial charge on any atom is 0.0713 e. The Balaban J connectivity index is 1.64. The summed E-state index contributed by atoms with van der Waals surface area (Å²) in [5, 5.41) is 8.99. The van der Waals surface area contributed by atoms with Crippen molar-refractivity contribution in [1.29, 1.82) is 0 Å². The van der Waals surface area contributed by atoms with Crippen LogP contribution in [0.2, 0.25) is 0 Å². The number of aromatic amines is 1. The Morgan fingerprint density at radius 2 is 2.07 bits per heavy atom. The third-order valence-electron chi connectivity index (χ3n) is 6.20. The molecule has 1 aliphatic rings. The van der Waals surface area contributed by atoms with E-state index in [2.05, 4.69) is 69.5 Å². The molecule has 0 radical (unpaired) electrons. The van der Waals surface area contributed by atoms with Crippen LogP contribution in [0, 0.1) is 5.92 Å². The molecule has 2 N–H and O–H groups in total. The fourth-order valence-corrected chi connectivity index (χ4v) is 5.54. The molecule has 2 atom stereocenters. The summed E-state index contributed by atoms with van der Waals surface area (Å²) in [6.07, 6.45) is 8.30. The molecule has 5 heteroatoms. The van der Waals surface area contributed by atoms with Crippen LogP contribution in [0.1, 0.15) is 25.3 Å². The second-order valence-corrected chi connectivity index (χ2v) is 9.59. The molecular formula is C24H24ClN3S. The molecule has 1 aliphatic heterocycles. The Hall–Kier alpha value is -2.14.